The molecule has 0 spiro atoms. The van der Waals surface area contributed by atoms with E-state index in [1.807, 2.05) is 12.3 Å². The highest BCUT2D eigenvalue weighted by Gasteiger charge is 2.20. The Bertz CT molecular complexity index is 617. The smallest absolute Gasteiger partial charge is 0.175 e. The van der Waals surface area contributed by atoms with Crippen LogP contribution in [-0.4, -0.2) is 35.2 Å². The normalized spacial score (nSPS) is 14.5. The van der Waals surface area contributed by atoms with Crippen LogP contribution in [0.1, 0.15) is 12.8 Å². The SMILES string of the molecule is COc1c(Sc2cnc(Cl)cn2)ccnc1N1CCCC1. The van der Waals surface area contributed by atoms with E-state index in [9.17, 15) is 0 Å². The van der Waals surface area contributed by atoms with Gasteiger partial charge in [-0.25, -0.2) is 15.0 Å². The Morgan fingerprint density at radius 1 is 1.19 bits per heavy atom. The van der Waals surface area contributed by atoms with Crippen molar-refractivity contribution >= 4 is 29.2 Å². The number of nitrogens with zero attached hydrogens (tertiary/aromatic N) is 4. The first-order chi connectivity index (χ1) is 10.3. The van der Waals surface area contributed by atoms with Crippen molar-refractivity contribution in [2.75, 3.05) is 25.1 Å². The van der Waals surface area contributed by atoms with Crippen molar-refractivity contribution in [2.45, 2.75) is 22.8 Å². The molecule has 3 heterocycles. The number of hydrogen-bond acceptors (Lipinski definition) is 6. The highest BCUT2D eigenvalue weighted by atomic mass is 35.5. The van der Waals surface area contributed by atoms with Gasteiger partial charge in [-0.05, 0) is 18.9 Å². The van der Waals surface area contributed by atoms with Crippen LogP contribution in [0.2, 0.25) is 5.15 Å². The van der Waals surface area contributed by atoms with E-state index in [0.717, 1.165) is 34.6 Å². The van der Waals surface area contributed by atoms with E-state index in [-0.39, 0.29) is 0 Å². The average molecular weight is 323 g/mol. The van der Waals surface area contributed by atoms with E-state index in [1.54, 1.807) is 19.5 Å². The molecule has 1 fully saturated rings. The van der Waals surface area contributed by atoms with Crippen molar-refractivity contribution in [3.63, 3.8) is 0 Å². The molecule has 0 radical (unpaired) electrons. The molecule has 0 aromatic carbocycles. The van der Waals surface area contributed by atoms with Crippen LogP contribution in [0.5, 0.6) is 5.75 Å². The maximum atomic E-state index is 5.76. The van der Waals surface area contributed by atoms with Crippen LogP contribution in [0.25, 0.3) is 0 Å². The molecule has 0 aliphatic carbocycles. The van der Waals surface area contributed by atoms with Crippen LogP contribution in [-0.2, 0) is 0 Å². The molecule has 0 unspecified atom stereocenters. The molecule has 110 valence electrons. The van der Waals surface area contributed by atoms with Gasteiger partial charge in [0.05, 0.1) is 24.4 Å². The van der Waals surface area contributed by atoms with Crippen molar-refractivity contribution in [1.29, 1.82) is 0 Å². The number of methoxy groups -OCH3 is 1. The van der Waals surface area contributed by atoms with Crippen LogP contribution in [0.15, 0.2) is 34.6 Å². The second-order valence-electron chi connectivity index (χ2n) is 4.64. The molecule has 0 saturated carbocycles. The van der Waals surface area contributed by atoms with Gasteiger partial charge < -0.3 is 9.64 Å². The predicted octanol–water partition coefficient (Wildman–Crippen LogP) is 3.29. The fraction of sp³-hybridized carbons (Fsp3) is 0.357. The minimum atomic E-state index is 0.388. The van der Waals surface area contributed by atoms with Gasteiger partial charge in [-0.15, -0.1) is 0 Å². The van der Waals surface area contributed by atoms with Gasteiger partial charge in [-0.2, -0.15) is 0 Å². The number of hydrogen-bond donors (Lipinski definition) is 0. The summed E-state index contributed by atoms with van der Waals surface area (Å²) in [4.78, 5) is 16.0. The number of pyridine rings is 1. The molecule has 0 atom stereocenters. The van der Waals surface area contributed by atoms with Crippen LogP contribution >= 0.6 is 23.4 Å². The lowest BCUT2D eigenvalue weighted by Gasteiger charge is -2.20. The first-order valence-electron chi connectivity index (χ1n) is 6.71. The number of ether oxygens (including phenoxy) is 1. The molecule has 2 aromatic rings. The monoisotopic (exact) mass is 322 g/mol. The summed E-state index contributed by atoms with van der Waals surface area (Å²) in [6.07, 6.45) is 7.40. The molecule has 3 rings (SSSR count). The summed E-state index contributed by atoms with van der Waals surface area (Å²) in [5, 5.41) is 1.16. The van der Waals surface area contributed by atoms with Crippen molar-refractivity contribution in [1.82, 2.24) is 15.0 Å². The first kappa shape index (κ1) is 14.4. The molecular formula is C14H15ClN4OS. The Kier molecular flexibility index (Phi) is 4.45. The van der Waals surface area contributed by atoms with E-state index in [1.165, 1.54) is 24.6 Å². The Hall–Kier alpha value is -1.53. The molecule has 0 N–H and O–H groups in total. The Morgan fingerprint density at radius 3 is 2.67 bits per heavy atom. The molecule has 2 aromatic heterocycles. The van der Waals surface area contributed by atoms with Crippen LogP contribution in [0.4, 0.5) is 5.82 Å². The molecule has 1 saturated heterocycles. The van der Waals surface area contributed by atoms with Gasteiger partial charge in [-0.3, -0.25) is 0 Å². The molecule has 7 heteroatoms. The third-order valence-corrected chi connectivity index (χ3v) is 4.43. The summed E-state index contributed by atoms with van der Waals surface area (Å²) in [5.74, 6) is 1.70. The minimum Gasteiger partial charge on any atom is -0.492 e. The quantitative estimate of drug-likeness (QED) is 0.861. The number of rotatable bonds is 4. The van der Waals surface area contributed by atoms with Gasteiger partial charge >= 0.3 is 0 Å². The maximum absolute atomic E-state index is 5.76. The third kappa shape index (κ3) is 3.22. The van der Waals surface area contributed by atoms with E-state index in [4.69, 9.17) is 16.3 Å². The van der Waals surface area contributed by atoms with E-state index >= 15 is 0 Å². The summed E-state index contributed by atoms with van der Waals surface area (Å²) in [6, 6.07) is 1.93. The highest BCUT2D eigenvalue weighted by molar-refractivity contribution is 7.99. The molecular weight excluding hydrogens is 308 g/mol. The number of aromatic nitrogens is 3. The summed E-state index contributed by atoms with van der Waals surface area (Å²) in [6.45, 7) is 2.05. The van der Waals surface area contributed by atoms with Gasteiger partial charge in [0.25, 0.3) is 0 Å². The second-order valence-corrected chi connectivity index (χ2v) is 6.09. The van der Waals surface area contributed by atoms with Gasteiger partial charge in [-0.1, -0.05) is 23.4 Å². The fourth-order valence-corrected chi connectivity index (χ4v) is 3.24. The van der Waals surface area contributed by atoms with Gasteiger partial charge in [0.15, 0.2) is 11.6 Å². The minimum absolute atomic E-state index is 0.388. The molecule has 0 bridgehead atoms. The van der Waals surface area contributed by atoms with Crippen molar-refractivity contribution in [3.05, 3.63) is 29.8 Å². The van der Waals surface area contributed by atoms with Crippen LogP contribution in [0, 0.1) is 0 Å². The zero-order valence-corrected chi connectivity index (χ0v) is 13.2. The van der Waals surface area contributed by atoms with Crippen LogP contribution < -0.4 is 9.64 Å². The van der Waals surface area contributed by atoms with E-state index in [0.29, 0.717) is 5.15 Å². The van der Waals surface area contributed by atoms with Crippen molar-refractivity contribution in [3.8, 4) is 5.75 Å². The zero-order valence-electron chi connectivity index (χ0n) is 11.6. The van der Waals surface area contributed by atoms with Crippen molar-refractivity contribution in [2.24, 2.45) is 0 Å². The third-order valence-electron chi connectivity index (χ3n) is 3.27. The molecule has 5 nitrogen and oxygen atoms in total. The van der Waals surface area contributed by atoms with Gasteiger partial charge in [0.1, 0.15) is 10.2 Å². The topological polar surface area (TPSA) is 51.1 Å². The summed E-state index contributed by atoms with van der Waals surface area (Å²) >= 11 is 7.26. The lowest BCUT2D eigenvalue weighted by molar-refractivity contribution is 0.403. The predicted molar refractivity (Wildman–Crippen MR) is 83.4 cm³/mol. The molecule has 0 amide bonds. The highest BCUT2D eigenvalue weighted by Crippen LogP contribution is 2.39. The Labute approximate surface area is 132 Å². The fourth-order valence-electron chi connectivity index (χ4n) is 2.31. The first-order valence-corrected chi connectivity index (χ1v) is 7.90. The van der Waals surface area contributed by atoms with E-state index < -0.39 is 0 Å². The summed E-state index contributed by atoms with van der Waals surface area (Å²) in [7, 11) is 1.67. The van der Waals surface area contributed by atoms with Gasteiger partial charge in [0, 0.05) is 19.3 Å². The number of halogens is 1. The van der Waals surface area contributed by atoms with Gasteiger partial charge in [0.2, 0.25) is 0 Å². The lowest BCUT2D eigenvalue weighted by Crippen LogP contribution is -2.19. The Balaban J connectivity index is 1.90. The van der Waals surface area contributed by atoms with Crippen LogP contribution in [0.3, 0.4) is 0 Å². The zero-order chi connectivity index (χ0) is 14.7. The molecule has 21 heavy (non-hydrogen) atoms. The average Bonchev–Trinajstić information content (AvgIpc) is 3.03. The molecule has 1 aliphatic rings. The standard InChI is InChI=1S/C14H15ClN4OS/c1-20-13-10(21-12-9-17-11(15)8-18-12)4-5-16-14(13)19-6-2-3-7-19/h4-5,8-9H,2-3,6-7H2,1H3. The lowest BCUT2D eigenvalue weighted by atomic mass is 10.4. The summed E-state index contributed by atoms with van der Waals surface area (Å²) < 4.78 is 5.59. The Morgan fingerprint density at radius 2 is 2.00 bits per heavy atom. The second kappa shape index (κ2) is 6.49. The maximum Gasteiger partial charge on any atom is 0.175 e. The summed E-state index contributed by atoms with van der Waals surface area (Å²) in [5.41, 5.74) is 0. The number of anilines is 1. The largest absolute Gasteiger partial charge is 0.492 e. The van der Waals surface area contributed by atoms with E-state index in [2.05, 4.69) is 19.9 Å². The van der Waals surface area contributed by atoms with Crippen molar-refractivity contribution < 1.29 is 4.74 Å². The molecule has 1 aliphatic heterocycles.